The topological polar surface area (TPSA) is 43.6 Å². The molecule has 4 heteroatoms. The molecule has 0 radical (unpaired) electrons. The Morgan fingerprint density at radius 2 is 0.847 bits per heavy atom. The second kappa shape index (κ2) is 13.3. The Morgan fingerprint density at radius 1 is 0.305 bits per heavy atom. The maximum atomic E-state index is 5.33. The van der Waals surface area contributed by atoms with Crippen molar-refractivity contribution in [1.29, 1.82) is 0 Å². The molecular weight excluding hydrogens is 717 g/mol. The Morgan fingerprint density at radius 3 is 1.64 bits per heavy atom. The molecule has 0 bridgehead atoms. The molecule has 0 amide bonds. The molecule has 0 saturated heterocycles. The van der Waals surface area contributed by atoms with E-state index in [-0.39, 0.29) is 0 Å². The zero-order valence-electron chi connectivity index (χ0n) is 31.9. The monoisotopic (exact) mass is 750 g/mol. The van der Waals surface area contributed by atoms with Crippen molar-refractivity contribution in [3.8, 4) is 51.0 Å². The zero-order valence-corrected chi connectivity index (χ0v) is 31.9. The highest BCUT2D eigenvalue weighted by atomic mass is 15.0. The van der Waals surface area contributed by atoms with Gasteiger partial charge in [-0.2, -0.15) is 0 Å². The van der Waals surface area contributed by atoms with Crippen molar-refractivity contribution >= 4 is 64.9 Å². The van der Waals surface area contributed by atoms with Crippen LogP contribution in [0.1, 0.15) is 0 Å². The van der Waals surface area contributed by atoms with Crippen LogP contribution in [0.15, 0.2) is 206 Å². The normalized spacial score (nSPS) is 11.7. The zero-order chi connectivity index (χ0) is 38.9. The summed E-state index contributed by atoms with van der Waals surface area (Å²) in [7, 11) is 0. The van der Waals surface area contributed by atoms with Gasteiger partial charge < -0.3 is 4.57 Å². The van der Waals surface area contributed by atoms with Crippen LogP contribution in [0, 0.1) is 0 Å². The molecule has 2 aromatic heterocycles. The quantitative estimate of drug-likeness (QED) is 0.176. The van der Waals surface area contributed by atoms with Crippen LogP contribution in [0.2, 0.25) is 0 Å². The van der Waals surface area contributed by atoms with Gasteiger partial charge in [0.2, 0.25) is 0 Å². The maximum Gasteiger partial charge on any atom is 0.164 e. The maximum absolute atomic E-state index is 5.33. The van der Waals surface area contributed by atoms with Gasteiger partial charge in [0.1, 0.15) is 0 Å². The average Bonchev–Trinajstić information content (AvgIpc) is 3.67. The highest BCUT2D eigenvalue weighted by Gasteiger charge is 2.21. The second-order valence-electron chi connectivity index (χ2n) is 15.2. The van der Waals surface area contributed by atoms with E-state index < -0.39 is 0 Å². The van der Waals surface area contributed by atoms with Crippen LogP contribution in [0.5, 0.6) is 0 Å². The lowest BCUT2D eigenvalue weighted by atomic mass is 10.0. The van der Waals surface area contributed by atoms with E-state index >= 15 is 0 Å². The number of benzene rings is 10. The van der Waals surface area contributed by atoms with Crippen molar-refractivity contribution in [2.75, 3.05) is 0 Å². The summed E-state index contributed by atoms with van der Waals surface area (Å²) in [5.41, 5.74) is 8.51. The summed E-state index contributed by atoms with van der Waals surface area (Å²) in [6, 6.07) is 73.5. The third-order valence-electron chi connectivity index (χ3n) is 11.8. The van der Waals surface area contributed by atoms with E-state index in [0.29, 0.717) is 17.5 Å². The van der Waals surface area contributed by atoms with Crippen molar-refractivity contribution in [1.82, 2.24) is 19.5 Å². The van der Waals surface area contributed by atoms with Crippen molar-refractivity contribution in [3.63, 3.8) is 0 Å². The Kier molecular flexibility index (Phi) is 7.50. The van der Waals surface area contributed by atoms with Gasteiger partial charge in [-0.25, -0.2) is 15.0 Å². The molecule has 0 spiro atoms. The average molecular weight is 751 g/mol. The van der Waals surface area contributed by atoms with Crippen LogP contribution in [-0.2, 0) is 0 Å². The van der Waals surface area contributed by atoms with E-state index in [2.05, 4.69) is 205 Å². The predicted molar refractivity (Wildman–Crippen MR) is 246 cm³/mol. The second-order valence-corrected chi connectivity index (χ2v) is 15.2. The predicted octanol–water partition coefficient (Wildman–Crippen LogP) is 14.2. The molecule has 59 heavy (non-hydrogen) atoms. The summed E-state index contributed by atoms with van der Waals surface area (Å²) in [4.78, 5) is 15.8. The van der Waals surface area contributed by atoms with E-state index in [4.69, 9.17) is 15.0 Å². The summed E-state index contributed by atoms with van der Waals surface area (Å²) in [6.45, 7) is 0. The fourth-order valence-corrected chi connectivity index (χ4v) is 8.95. The van der Waals surface area contributed by atoms with E-state index in [9.17, 15) is 0 Å². The number of aromatic nitrogens is 4. The van der Waals surface area contributed by atoms with Gasteiger partial charge in [-0.05, 0) is 73.1 Å². The minimum absolute atomic E-state index is 0.624. The summed E-state index contributed by atoms with van der Waals surface area (Å²) >= 11 is 0. The first-order valence-electron chi connectivity index (χ1n) is 20.0. The molecule has 0 unspecified atom stereocenters. The van der Waals surface area contributed by atoms with Gasteiger partial charge >= 0.3 is 0 Å². The molecule has 12 aromatic rings. The van der Waals surface area contributed by atoms with Gasteiger partial charge in [0.15, 0.2) is 17.5 Å². The van der Waals surface area contributed by atoms with Crippen LogP contribution in [0.3, 0.4) is 0 Å². The van der Waals surface area contributed by atoms with E-state index in [1.54, 1.807) is 0 Å². The molecule has 0 saturated carbocycles. The highest BCUT2D eigenvalue weighted by molar-refractivity contribution is 6.26. The molecule has 0 aliphatic heterocycles. The molecule has 274 valence electrons. The van der Waals surface area contributed by atoms with Crippen LogP contribution < -0.4 is 0 Å². The van der Waals surface area contributed by atoms with Gasteiger partial charge in [0.25, 0.3) is 0 Å². The lowest BCUT2D eigenvalue weighted by Crippen LogP contribution is -2.02. The Bertz CT molecular complexity index is 3600. The van der Waals surface area contributed by atoms with Gasteiger partial charge in [-0.1, -0.05) is 182 Å². The summed E-state index contributed by atoms with van der Waals surface area (Å²) in [5.74, 6) is 1.88. The Hall–Kier alpha value is -7.95. The Balaban J connectivity index is 1.13. The lowest BCUT2D eigenvalue weighted by Gasteiger charge is -2.15. The van der Waals surface area contributed by atoms with Gasteiger partial charge in [0.05, 0.1) is 11.0 Å². The van der Waals surface area contributed by atoms with Crippen LogP contribution in [-0.4, -0.2) is 19.5 Å². The Labute approximate surface area is 340 Å². The molecular formula is C55H34N4. The SMILES string of the molecule is c1ccc(-c2ccc(-c3nc(-c4ccc5ccccc5c4)nc(-c4cc(-n5c6ccc7ccccc7c6c6ccc7ccccc7c65)cc5ccccc45)n3)cc2)cc1. The minimum Gasteiger partial charge on any atom is -0.309 e. The third-order valence-corrected chi connectivity index (χ3v) is 11.8. The molecule has 0 aliphatic rings. The summed E-state index contributed by atoms with van der Waals surface area (Å²) in [6.07, 6.45) is 0. The molecule has 4 nitrogen and oxygen atoms in total. The first kappa shape index (κ1) is 33.2. The van der Waals surface area contributed by atoms with E-state index in [0.717, 1.165) is 49.6 Å². The first-order chi connectivity index (χ1) is 29.2. The standard InChI is InChI=1S/C55H34N4/c1-2-12-35(13-3-1)37-22-25-40(26-23-37)53-56-54(43-27-24-36-14-4-5-17-41(36)32-43)58-55(57-53)49-34-44(33-42-18-8-9-19-45(42)49)59-50-31-29-38-15-6-10-20-46(38)51(50)48-30-28-39-16-7-11-21-47(39)52(48)59/h1-34H. The van der Waals surface area contributed by atoms with E-state index in [1.165, 1.54) is 48.8 Å². The number of rotatable bonds is 5. The van der Waals surface area contributed by atoms with Crippen molar-refractivity contribution in [3.05, 3.63) is 206 Å². The number of hydrogen-bond acceptors (Lipinski definition) is 3. The van der Waals surface area contributed by atoms with Crippen molar-refractivity contribution in [2.24, 2.45) is 0 Å². The molecule has 0 fully saturated rings. The summed E-state index contributed by atoms with van der Waals surface area (Å²) < 4.78 is 2.45. The van der Waals surface area contributed by atoms with Gasteiger partial charge in [-0.3, -0.25) is 0 Å². The van der Waals surface area contributed by atoms with Crippen LogP contribution in [0.25, 0.3) is 116 Å². The molecule has 0 aliphatic carbocycles. The van der Waals surface area contributed by atoms with Crippen molar-refractivity contribution in [2.45, 2.75) is 0 Å². The first-order valence-corrected chi connectivity index (χ1v) is 20.0. The van der Waals surface area contributed by atoms with Crippen LogP contribution >= 0.6 is 0 Å². The fourth-order valence-electron chi connectivity index (χ4n) is 8.95. The smallest absolute Gasteiger partial charge is 0.164 e. The lowest BCUT2D eigenvalue weighted by molar-refractivity contribution is 1.07. The molecule has 2 heterocycles. The third kappa shape index (κ3) is 5.49. The summed E-state index contributed by atoms with van der Waals surface area (Å²) in [5, 5.41) is 11.9. The van der Waals surface area contributed by atoms with Crippen LogP contribution in [0.4, 0.5) is 0 Å². The number of fused-ring (bicyclic) bond motifs is 9. The van der Waals surface area contributed by atoms with E-state index in [1.807, 2.05) is 6.07 Å². The fraction of sp³-hybridized carbons (Fsp3) is 0. The highest BCUT2D eigenvalue weighted by Crippen LogP contribution is 2.42. The number of hydrogen-bond donors (Lipinski definition) is 0. The minimum atomic E-state index is 0.624. The molecule has 10 aromatic carbocycles. The van der Waals surface area contributed by atoms with Gasteiger partial charge in [0, 0.05) is 38.5 Å². The largest absolute Gasteiger partial charge is 0.309 e. The molecule has 0 atom stereocenters. The molecule has 0 N–H and O–H groups in total. The van der Waals surface area contributed by atoms with Gasteiger partial charge in [-0.15, -0.1) is 0 Å². The molecule has 12 rings (SSSR count). The van der Waals surface area contributed by atoms with Crippen molar-refractivity contribution < 1.29 is 0 Å². The number of nitrogens with zero attached hydrogens (tertiary/aromatic N) is 4.